The molecular weight excluding hydrogens is 356 g/mol. The standard InChI is InChI=1S/C19H30N8O/c1-5-20-19(21-11-14-7-6-8-17(22-14)26(2)3)23-15-9-10-18-24-16(13-28-4)25-27(18)12-15/h6-8,15H,5,9-13H2,1-4H3,(H2,20,21,23). The third kappa shape index (κ3) is 5.19. The molecule has 0 spiro atoms. The average molecular weight is 387 g/mol. The summed E-state index contributed by atoms with van der Waals surface area (Å²) in [5.41, 5.74) is 0.940. The fourth-order valence-corrected chi connectivity index (χ4v) is 3.15. The van der Waals surface area contributed by atoms with Crippen molar-refractivity contribution in [3.63, 3.8) is 0 Å². The molecule has 2 N–H and O–H groups in total. The Bertz CT molecular complexity index is 801. The number of fused-ring (bicyclic) bond motifs is 1. The van der Waals surface area contributed by atoms with E-state index in [4.69, 9.17) is 9.73 Å². The van der Waals surface area contributed by atoms with E-state index in [0.717, 1.165) is 55.1 Å². The van der Waals surface area contributed by atoms with E-state index < -0.39 is 0 Å². The van der Waals surface area contributed by atoms with Gasteiger partial charge in [0.2, 0.25) is 0 Å². The van der Waals surface area contributed by atoms with Crippen LogP contribution in [-0.4, -0.2) is 59.5 Å². The van der Waals surface area contributed by atoms with Crippen molar-refractivity contribution in [1.29, 1.82) is 0 Å². The van der Waals surface area contributed by atoms with Gasteiger partial charge in [-0.25, -0.2) is 19.6 Å². The highest BCUT2D eigenvalue weighted by Gasteiger charge is 2.22. The summed E-state index contributed by atoms with van der Waals surface area (Å²) in [6.07, 6.45) is 1.88. The van der Waals surface area contributed by atoms with Gasteiger partial charge in [-0.1, -0.05) is 6.07 Å². The number of aromatic nitrogens is 4. The van der Waals surface area contributed by atoms with Gasteiger partial charge in [0.1, 0.15) is 18.2 Å². The van der Waals surface area contributed by atoms with Crippen LogP contribution < -0.4 is 15.5 Å². The van der Waals surface area contributed by atoms with Gasteiger partial charge in [0.25, 0.3) is 0 Å². The van der Waals surface area contributed by atoms with Gasteiger partial charge >= 0.3 is 0 Å². The van der Waals surface area contributed by atoms with Crippen molar-refractivity contribution < 1.29 is 4.74 Å². The number of rotatable bonds is 7. The predicted molar refractivity (Wildman–Crippen MR) is 109 cm³/mol. The zero-order valence-corrected chi connectivity index (χ0v) is 17.1. The smallest absolute Gasteiger partial charge is 0.191 e. The number of nitrogens with one attached hydrogen (secondary N) is 2. The van der Waals surface area contributed by atoms with E-state index in [1.54, 1.807) is 7.11 Å². The van der Waals surface area contributed by atoms with Crippen molar-refractivity contribution in [2.45, 2.75) is 45.5 Å². The maximum absolute atomic E-state index is 5.13. The molecule has 1 aliphatic heterocycles. The summed E-state index contributed by atoms with van der Waals surface area (Å²) in [5.74, 6) is 3.50. The molecule has 2 aromatic rings. The first-order valence-electron chi connectivity index (χ1n) is 9.68. The molecule has 1 aliphatic rings. The van der Waals surface area contributed by atoms with E-state index in [1.165, 1.54) is 0 Å². The lowest BCUT2D eigenvalue weighted by atomic mass is 10.1. The van der Waals surface area contributed by atoms with Crippen molar-refractivity contribution in [3.8, 4) is 0 Å². The average Bonchev–Trinajstić information content (AvgIpc) is 3.08. The summed E-state index contributed by atoms with van der Waals surface area (Å²) >= 11 is 0. The number of aliphatic imine (C=N–C) groups is 1. The number of guanidine groups is 1. The molecule has 0 saturated heterocycles. The Hall–Kier alpha value is -2.68. The van der Waals surface area contributed by atoms with Crippen LogP contribution in [0.4, 0.5) is 5.82 Å². The summed E-state index contributed by atoms with van der Waals surface area (Å²) in [6, 6.07) is 6.26. The van der Waals surface area contributed by atoms with Gasteiger partial charge in [0.15, 0.2) is 11.8 Å². The van der Waals surface area contributed by atoms with Crippen molar-refractivity contribution in [2.75, 3.05) is 32.6 Å². The second-order valence-corrected chi connectivity index (χ2v) is 7.02. The Balaban J connectivity index is 1.64. The van der Waals surface area contributed by atoms with Crippen LogP contribution in [0.2, 0.25) is 0 Å². The molecule has 0 saturated carbocycles. The molecule has 3 rings (SSSR count). The minimum Gasteiger partial charge on any atom is -0.377 e. The maximum atomic E-state index is 5.13. The zero-order valence-electron chi connectivity index (χ0n) is 17.1. The van der Waals surface area contributed by atoms with Gasteiger partial charge in [-0.05, 0) is 25.5 Å². The van der Waals surface area contributed by atoms with Gasteiger partial charge in [-0.3, -0.25) is 0 Å². The van der Waals surface area contributed by atoms with E-state index in [-0.39, 0.29) is 6.04 Å². The largest absolute Gasteiger partial charge is 0.377 e. The third-order valence-electron chi connectivity index (χ3n) is 4.51. The lowest BCUT2D eigenvalue weighted by molar-refractivity contribution is 0.177. The van der Waals surface area contributed by atoms with E-state index in [1.807, 2.05) is 41.9 Å². The van der Waals surface area contributed by atoms with Crippen LogP contribution in [-0.2, 0) is 30.9 Å². The lowest BCUT2D eigenvalue weighted by Gasteiger charge is -2.25. The minimum absolute atomic E-state index is 0.253. The molecule has 0 aliphatic carbocycles. The molecule has 9 heteroatoms. The SMILES string of the molecule is CCNC(=NCc1cccc(N(C)C)n1)NC1CCc2nc(COC)nn2C1. The lowest BCUT2D eigenvalue weighted by Crippen LogP contribution is -2.47. The highest BCUT2D eigenvalue weighted by Crippen LogP contribution is 2.14. The van der Waals surface area contributed by atoms with Crippen LogP contribution in [0.25, 0.3) is 0 Å². The first-order chi connectivity index (χ1) is 13.6. The number of pyridine rings is 1. The fraction of sp³-hybridized carbons (Fsp3) is 0.579. The first-order valence-corrected chi connectivity index (χ1v) is 9.68. The van der Waals surface area contributed by atoms with Gasteiger partial charge in [-0.2, -0.15) is 5.10 Å². The molecule has 0 aromatic carbocycles. The Morgan fingerprint density at radius 3 is 2.96 bits per heavy atom. The van der Waals surface area contributed by atoms with Gasteiger partial charge in [0.05, 0.1) is 18.8 Å². The Labute approximate surface area is 166 Å². The Morgan fingerprint density at radius 2 is 2.21 bits per heavy atom. The molecule has 1 atom stereocenters. The van der Waals surface area contributed by atoms with Crippen LogP contribution in [0.5, 0.6) is 0 Å². The van der Waals surface area contributed by atoms with Crippen molar-refractivity contribution in [2.24, 2.45) is 4.99 Å². The van der Waals surface area contributed by atoms with E-state index in [2.05, 4.69) is 32.6 Å². The third-order valence-corrected chi connectivity index (χ3v) is 4.51. The summed E-state index contributed by atoms with van der Waals surface area (Å²) < 4.78 is 7.11. The van der Waals surface area contributed by atoms with E-state index >= 15 is 0 Å². The van der Waals surface area contributed by atoms with Crippen molar-refractivity contribution >= 4 is 11.8 Å². The molecule has 0 bridgehead atoms. The van der Waals surface area contributed by atoms with Crippen LogP contribution in [0.15, 0.2) is 23.2 Å². The number of hydrogen-bond acceptors (Lipinski definition) is 6. The molecule has 0 fully saturated rings. The van der Waals surface area contributed by atoms with Crippen molar-refractivity contribution in [3.05, 3.63) is 35.5 Å². The molecule has 0 radical (unpaired) electrons. The predicted octanol–water partition coefficient (Wildman–Crippen LogP) is 0.956. The molecule has 1 unspecified atom stereocenters. The number of ether oxygens (including phenoxy) is 1. The maximum Gasteiger partial charge on any atom is 0.191 e. The monoisotopic (exact) mass is 386 g/mol. The molecule has 152 valence electrons. The number of aryl methyl sites for hydroxylation is 1. The number of nitrogens with zero attached hydrogens (tertiary/aromatic N) is 6. The summed E-state index contributed by atoms with van der Waals surface area (Å²) in [4.78, 5) is 15.9. The van der Waals surface area contributed by atoms with Crippen LogP contribution in [0, 0.1) is 0 Å². The van der Waals surface area contributed by atoms with Crippen LogP contribution in [0.3, 0.4) is 0 Å². The Morgan fingerprint density at radius 1 is 1.36 bits per heavy atom. The molecule has 28 heavy (non-hydrogen) atoms. The summed E-state index contributed by atoms with van der Waals surface area (Å²) in [6.45, 7) is 4.61. The number of hydrogen-bond donors (Lipinski definition) is 2. The van der Waals surface area contributed by atoms with Crippen molar-refractivity contribution in [1.82, 2.24) is 30.4 Å². The quantitative estimate of drug-likeness (QED) is 0.541. The van der Waals surface area contributed by atoms with Crippen LogP contribution >= 0.6 is 0 Å². The summed E-state index contributed by atoms with van der Waals surface area (Å²) in [7, 11) is 5.63. The molecule has 2 aromatic heterocycles. The second-order valence-electron chi connectivity index (χ2n) is 7.02. The fourth-order valence-electron chi connectivity index (χ4n) is 3.15. The van der Waals surface area contributed by atoms with E-state index in [0.29, 0.717) is 13.2 Å². The van der Waals surface area contributed by atoms with Gasteiger partial charge < -0.3 is 20.3 Å². The highest BCUT2D eigenvalue weighted by molar-refractivity contribution is 5.80. The normalized spacial score (nSPS) is 16.6. The first kappa shape index (κ1) is 20.1. The second kappa shape index (κ2) is 9.50. The number of methoxy groups -OCH3 is 1. The molecule has 9 nitrogen and oxygen atoms in total. The number of anilines is 1. The van der Waals surface area contributed by atoms with E-state index in [9.17, 15) is 0 Å². The zero-order chi connectivity index (χ0) is 19.9. The van der Waals surface area contributed by atoms with Gasteiger partial charge in [0, 0.05) is 40.2 Å². The topological polar surface area (TPSA) is 92.5 Å². The van der Waals surface area contributed by atoms with Gasteiger partial charge in [-0.15, -0.1) is 0 Å². The Kier molecular flexibility index (Phi) is 6.80. The molecule has 0 amide bonds. The highest BCUT2D eigenvalue weighted by atomic mass is 16.5. The minimum atomic E-state index is 0.253. The molecule has 3 heterocycles. The molecular formula is C19H30N8O. The summed E-state index contributed by atoms with van der Waals surface area (Å²) in [5, 5.41) is 11.4. The van der Waals surface area contributed by atoms with Crippen LogP contribution in [0.1, 0.15) is 30.7 Å².